The third kappa shape index (κ3) is 5.98. The average Bonchev–Trinajstić information content (AvgIpc) is 2.64. The van der Waals surface area contributed by atoms with Crippen molar-refractivity contribution < 1.29 is 19.1 Å². The van der Waals surface area contributed by atoms with E-state index in [0.29, 0.717) is 11.4 Å². The van der Waals surface area contributed by atoms with Crippen LogP contribution in [0.2, 0.25) is 0 Å². The molecule has 1 N–H and O–H groups in total. The van der Waals surface area contributed by atoms with E-state index in [-0.39, 0.29) is 18.4 Å². The highest BCUT2D eigenvalue weighted by molar-refractivity contribution is 6.02. The predicted octanol–water partition coefficient (Wildman–Crippen LogP) is 2.81. The zero-order valence-electron chi connectivity index (χ0n) is 15.1. The molecule has 6 heteroatoms. The molecule has 136 valence electrons. The van der Waals surface area contributed by atoms with E-state index in [1.165, 1.54) is 11.0 Å². The van der Waals surface area contributed by atoms with Gasteiger partial charge in [-0.25, -0.2) is 0 Å². The Morgan fingerprint density at radius 3 is 2.54 bits per heavy atom. The molecule has 2 aromatic rings. The number of methoxy groups -OCH3 is 1. The Labute approximate surface area is 153 Å². The van der Waals surface area contributed by atoms with Gasteiger partial charge < -0.3 is 19.7 Å². The second-order valence-corrected chi connectivity index (χ2v) is 5.70. The quantitative estimate of drug-likeness (QED) is 0.777. The van der Waals surface area contributed by atoms with E-state index in [1.54, 1.807) is 51.5 Å². The second kappa shape index (κ2) is 9.27. The van der Waals surface area contributed by atoms with Gasteiger partial charge in [0.2, 0.25) is 5.91 Å². The van der Waals surface area contributed by atoms with Crippen LogP contribution in [0.25, 0.3) is 6.08 Å². The van der Waals surface area contributed by atoms with Gasteiger partial charge in [-0.15, -0.1) is 0 Å². The van der Waals surface area contributed by atoms with Gasteiger partial charge >= 0.3 is 0 Å². The van der Waals surface area contributed by atoms with Gasteiger partial charge in [-0.2, -0.15) is 0 Å². The summed E-state index contributed by atoms with van der Waals surface area (Å²) in [7, 11) is 4.92. The Bertz CT molecular complexity index is 800. The van der Waals surface area contributed by atoms with Crippen molar-refractivity contribution in [1.29, 1.82) is 0 Å². The average molecular weight is 354 g/mol. The Morgan fingerprint density at radius 2 is 1.81 bits per heavy atom. The third-order valence-electron chi connectivity index (χ3n) is 3.48. The van der Waals surface area contributed by atoms with Crippen LogP contribution >= 0.6 is 0 Å². The first-order valence-electron chi connectivity index (χ1n) is 8.04. The molecule has 0 bridgehead atoms. The van der Waals surface area contributed by atoms with Crippen molar-refractivity contribution in [2.75, 3.05) is 33.1 Å². The molecule has 0 aliphatic carbocycles. The first-order chi connectivity index (χ1) is 12.5. The molecule has 2 aromatic carbocycles. The minimum Gasteiger partial charge on any atom is -0.497 e. The number of hydrogen-bond acceptors (Lipinski definition) is 4. The molecule has 0 saturated carbocycles. The number of nitrogens with one attached hydrogen (secondary N) is 1. The van der Waals surface area contributed by atoms with Crippen molar-refractivity contribution >= 4 is 23.6 Å². The summed E-state index contributed by atoms with van der Waals surface area (Å²) < 4.78 is 10.6. The smallest absolute Gasteiger partial charge is 0.259 e. The van der Waals surface area contributed by atoms with Crippen molar-refractivity contribution in [2.24, 2.45) is 0 Å². The summed E-state index contributed by atoms with van der Waals surface area (Å²) in [4.78, 5) is 25.1. The summed E-state index contributed by atoms with van der Waals surface area (Å²) in [6, 6.07) is 14.3. The van der Waals surface area contributed by atoms with Gasteiger partial charge in [0.25, 0.3) is 5.91 Å². The number of rotatable bonds is 7. The molecule has 6 nitrogen and oxygen atoms in total. The number of carbonyl (C=O) groups excluding carboxylic acids is 2. The number of nitrogens with zero attached hydrogens (tertiary/aromatic N) is 1. The van der Waals surface area contributed by atoms with Crippen LogP contribution in [-0.2, 0) is 9.59 Å². The van der Waals surface area contributed by atoms with Crippen LogP contribution in [0.1, 0.15) is 5.56 Å². The molecule has 0 atom stereocenters. The van der Waals surface area contributed by atoms with Crippen LogP contribution in [0.4, 0.5) is 5.69 Å². The Kier molecular flexibility index (Phi) is 6.79. The van der Waals surface area contributed by atoms with Crippen molar-refractivity contribution in [1.82, 2.24) is 4.90 Å². The minimum atomic E-state index is -0.269. The van der Waals surface area contributed by atoms with Gasteiger partial charge in [-0.1, -0.05) is 18.2 Å². The summed E-state index contributed by atoms with van der Waals surface area (Å²) in [5, 5.41) is 2.76. The fraction of sp³-hybridized carbons (Fsp3) is 0.200. The molecule has 0 radical (unpaired) electrons. The molecule has 0 heterocycles. The Balaban J connectivity index is 1.95. The van der Waals surface area contributed by atoms with Crippen LogP contribution in [0, 0.1) is 0 Å². The number of ether oxygens (including phenoxy) is 2. The molecule has 2 amide bonds. The normalized spacial score (nSPS) is 10.4. The van der Waals surface area contributed by atoms with Crippen molar-refractivity contribution in [3.05, 3.63) is 60.2 Å². The predicted molar refractivity (Wildman–Crippen MR) is 101 cm³/mol. The van der Waals surface area contributed by atoms with Crippen LogP contribution in [-0.4, -0.2) is 44.5 Å². The van der Waals surface area contributed by atoms with Crippen LogP contribution < -0.4 is 14.8 Å². The fourth-order valence-electron chi connectivity index (χ4n) is 2.04. The number of carbonyl (C=O) groups is 2. The lowest BCUT2D eigenvalue weighted by Crippen LogP contribution is -2.27. The zero-order valence-corrected chi connectivity index (χ0v) is 15.1. The maximum Gasteiger partial charge on any atom is 0.259 e. The van der Waals surface area contributed by atoms with Gasteiger partial charge in [0.05, 0.1) is 7.11 Å². The largest absolute Gasteiger partial charge is 0.497 e. The lowest BCUT2D eigenvalue weighted by Gasteiger charge is -2.12. The molecule has 0 saturated heterocycles. The van der Waals surface area contributed by atoms with Crippen LogP contribution in [0.5, 0.6) is 11.5 Å². The number of anilines is 1. The summed E-state index contributed by atoms with van der Waals surface area (Å²) in [5.74, 6) is 0.828. The number of amides is 2. The molecule has 0 aliphatic rings. The van der Waals surface area contributed by atoms with E-state index < -0.39 is 0 Å². The first kappa shape index (κ1) is 19.1. The summed E-state index contributed by atoms with van der Waals surface area (Å²) in [6.07, 6.45) is 3.14. The highest BCUT2D eigenvalue weighted by Gasteiger charge is 2.06. The maximum absolute atomic E-state index is 12.1. The number of benzene rings is 2. The zero-order chi connectivity index (χ0) is 18.9. The third-order valence-corrected chi connectivity index (χ3v) is 3.48. The Morgan fingerprint density at radius 1 is 1.08 bits per heavy atom. The summed E-state index contributed by atoms with van der Waals surface area (Å²) in [6.45, 7) is -0.0554. The SMILES string of the molecule is COc1cccc(/C=C/C(=O)Nc2cccc(OCC(=O)N(C)C)c2)c1. The summed E-state index contributed by atoms with van der Waals surface area (Å²) >= 11 is 0. The van der Waals surface area contributed by atoms with Crippen LogP contribution in [0.3, 0.4) is 0 Å². The second-order valence-electron chi connectivity index (χ2n) is 5.70. The standard InChI is InChI=1S/C20H22N2O4/c1-22(2)20(24)14-26-18-9-5-7-16(13-18)21-19(23)11-10-15-6-4-8-17(12-15)25-3/h4-13H,14H2,1-3H3,(H,21,23)/b11-10+. The van der Waals surface area contributed by atoms with E-state index in [9.17, 15) is 9.59 Å². The molecule has 0 fully saturated rings. The Hall–Kier alpha value is -3.28. The van der Waals surface area contributed by atoms with E-state index in [1.807, 2.05) is 24.3 Å². The van der Waals surface area contributed by atoms with E-state index >= 15 is 0 Å². The van der Waals surface area contributed by atoms with E-state index in [4.69, 9.17) is 9.47 Å². The lowest BCUT2D eigenvalue weighted by molar-refractivity contribution is -0.130. The topological polar surface area (TPSA) is 67.9 Å². The number of hydrogen-bond donors (Lipinski definition) is 1. The molecular weight excluding hydrogens is 332 g/mol. The first-order valence-corrected chi connectivity index (χ1v) is 8.04. The van der Waals surface area contributed by atoms with Crippen molar-refractivity contribution in [2.45, 2.75) is 0 Å². The highest BCUT2D eigenvalue weighted by atomic mass is 16.5. The van der Waals surface area contributed by atoms with Crippen molar-refractivity contribution in [3.63, 3.8) is 0 Å². The van der Waals surface area contributed by atoms with E-state index in [2.05, 4.69) is 5.32 Å². The van der Waals surface area contributed by atoms with Gasteiger partial charge in [-0.3, -0.25) is 9.59 Å². The maximum atomic E-state index is 12.1. The molecule has 26 heavy (non-hydrogen) atoms. The molecular formula is C20H22N2O4. The van der Waals surface area contributed by atoms with E-state index in [0.717, 1.165) is 11.3 Å². The molecule has 0 spiro atoms. The van der Waals surface area contributed by atoms with Gasteiger partial charge in [0.15, 0.2) is 6.61 Å². The molecule has 0 aliphatic heterocycles. The minimum absolute atomic E-state index is 0.0554. The summed E-state index contributed by atoms with van der Waals surface area (Å²) in [5.41, 5.74) is 1.44. The van der Waals surface area contributed by atoms with Gasteiger partial charge in [-0.05, 0) is 35.9 Å². The fourth-order valence-corrected chi connectivity index (χ4v) is 2.04. The van der Waals surface area contributed by atoms with Crippen molar-refractivity contribution in [3.8, 4) is 11.5 Å². The lowest BCUT2D eigenvalue weighted by atomic mass is 10.2. The number of likely N-dealkylation sites (N-methyl/N-ethyl adjacent to an activating group) is 1. The van der Waals surface area contributed by atoms with Gasteiger partial charge in [0.1, 0.15) is 11.5 Å². The molecule has 0 unspecified atom stereocenters. The highest BCUT2D eigenvalue weighted by Crippen LogP contribution is 2.18. The monoisotopic (exact) mass is 354 g/mol. The van der Waals surface area contributed by atoms with Gasteiger partial charge in [0, 0.05) is 31.9 Å². The molecule has 0 aromatic heterocycles. The molecule has 2 rings (SSSR count). The van der Waals surface area contributed by atoms with Crippen LogP contribution in [0.15, 0.2) is 54.6 Å².